The number of unbranched alkanes of at least 4 members (excludes halogenated alkanes) is 23. The molecule has 0 aliphatic rings. The van der Waals surface area contributed by atoms with Crippen molar-refractivity contribution in [3.63, 3.8) is 0 Å². The van der Waals surface area contributed by atoms with Crippen molar-refractivity contribution in [2.45, 2.75) is 181 Å². The van der Waals surface area contributed by atoms with Crippen LogP contribution in [0.25, 0.3) is 0 Å². The van der Waals surface area contributed by atoms with Gasteiger partial charge in [0, 0.05) is 0 Å². The highest BCUT2D eigenvalue weighted by atomic mass is 14.0. The van der Waals surface area contributed by atoms with E-state index in [1.165, 1.54) is 173 Å². The predicted molar refractivity (Wildman–Crippen MR) is 141 cm³/mol. The van der Waals surface area contributed by atoms with E-state index in [0.717, 1.165) is 0 Å². The zero-order chi connectivity index (χ0) is 22.0. The summed E-state index contributed by atoms with van der Waals surface area (Å²) < 4.78 is 0. The Labute approximate surface area is 193 Å². The highest BCUT2D eigenvalue weighted by Crippen LogP contribution is 2.16. The summed E-state index contributed by atoms with van der Waals surface area (Å²) in [6.45, 7) is 8.63. The third kappa shape index (κ3) is 25.8. The number of rotatable bonds is 26. The highest BCUT2D eigenvalue weighted by Gasteiger charge is 1.96. The fraction of sp³-hybridized carbons (Fsp3) is 0.933. The van der Waals surface area contributed by atoms with E-state index < -0.39 is 0 Å². The maximum absolute atomic E-state index is 4.10. The molecule has 0 rings (SSSR count). The van der Waals surface area contributed by atoms with Gasteiger partial charge in [-0.25, -0.2) is 0 Å². The van der Waals surface area contributed by atoms with Gasteiger partial charge < -0.3 is 0 Å². The SMILES string of the molecule is C=C(CC)CCCCCCCCCCCCCCCCCCCCCCCCCC. The Morgan fingerprint density at radius 1 is 0.367 bits per heavy atom. The van der Waals surface area contributed by atoms with Gasteiger partial charge in [-0.3, -0.25) is 0 Å². The van der Waals surface area contributed by atoms with Crippen molar-refractivity contribution in [1.82, 2.24) is 0 Å². The van der Waals surface area contributed by atoms with E-state index in [-0.39, 0.29) is 0 Å². The first-order valence-corrected chi connectivity index (χ1v) is 14.5. The van der Waals surface area contributed by atoms with Gasteiger partial charge in [-0.05, 0) is 19.3 Å². The lowest BCUT2D eigenvalue weighted by atomic mass is 10.0. The number of hydrogen-bond donors (Lipinski definition) is 0. The molecule has 0 radical (unpaired) electrons. The van der Waals surface area contributed by atoms with Gasteiger partial charge in [-0.1, -0.05) is 174 Å². The summed E-state index contributed by atoms with van der Waals surface area (Å²) in [5.41, 5.74) is 1.44. The van der Waals surface area contributed by atoms with Crippen LogP contribution in [0.4, 0.5) is 0 Å². The smallest absolute Gasteiger partial charge is 0.0323 e. The minimum absolute atomic E-state index is 1.17. The largest absolute Gasteiger partial charge is 0.0999 e. The fourth-order valence-corrected chi connectivity index (χ4v) is 4.51. The molecule has 0 nitrogen and oxygen atoms in total. The van der Waals surface area contributed by atoms with Crippen molar-refractivity contribution in [3.05, 3.63) is 12.2 Å². The molecule has 0 spiro atoms. The first kappa shape index (κ1) is 29.7. The average molecular weight is 421 g/mol. The molecule has 0 atom stereocenters. The van der Waals surface area contributed by atoms with Gasteiger partial charge in [-0.2, -0.15) is 0 Å². The summed E-state index contributed by atoms with van der Waals surface area (Å²) in [4.78, 5) is 0. The highest BCUT2D eigenvalue weighted by molar-refractivity contribution is 4.91. The first-order valence-electron chi connectivity index (χ1n) is 14.5. The van der Waals surface area contributed by atoms with E-state index in [2.05, 4.69) is 20.4 Å². The molecule has 0 unspecified atom stereocenters. The van der Waals surface area contributed by atoms with Crippen molar-refractivity contribution in [1.29, 1.82) is 0 Å². The van der Waals surface area contributed by atoms with E-state index >= 15 is 0 Å². The summed E-state index contributed by atoms with van der Waals surface area (Å²) in [5, 5.41) is 0. The van der Waals surface area contributed by atoms with Gasteiger partial charge in [0.25, 0.3) is 0 Å². The van der Waals surface area contributed by atoms with Crippen LogP contribution in [0.1, 0.15) is 181 Å². The maximum atomic E-state index is 4.10. The van der Waals surface area contributed by atoms with E-state index in [1.54, 1.807) is 0 Å². The van der Waals surface area contributed by atoms with Crippen LogP contribution < -0.4 is 0 Å². The van der Waals surface area contributed by atoms with Crippen LogP contribution in [-0.4, -0.2) is 0 Å². The quantitative estimate of drug-likeness (QED) is 0.0963. The summed E-state index contributed by atoms with van der Waals surface area (Å²) in [7, 11) is 0. The Bertz CT molecular complexity index is 316. The Morgan fingerprint density at radius 2 is 0.600 bits per heavy atom. The molecule has 0 amide bonds. The van der Waals surface area contributed by atoms with Crippen LogP contribution in [0.15, 0.2) is 12.2 Å². The van der Waals surface area contributed by atoms with Gasteiger partial charge in [0.1, 0.15) is 0 Å². The molecule has 0 saturated heterocycles. The third-order valence-corrected chi connectivity index (χ3v) is 6.88. The Hall–Kier alpha value is -0.260. The molecule has 0 heterocycles. The topological polar surface area (TPSA) is 0 Å². The van der Waals surface area contributed by atoms with Crippen LogP contribution in [-0.2, 0) is 0 Å². The summed E-state index contributed by atoms with van der Waals surface area (Å²) in [5.74, 6) is 0. The molecule has 0 aliphatic carbocycles. The summed E-state index contributed by atoms with van der Waals surface area (Å²) in [6.07, 6.45) is 37.6. The maximum Gasteiger partial charge on any atom is -0.0323 e. The van der Waals surface area contributed by atoms with Crippen LogP contribution in [0.5, 0.6) is 0 Å². The second-order valence-corrected chi connectivity index (χ2v) is 9.99. The third-order valence-electron chi connectivity index (χ3n) is 6.88. The predicted octanol–water partition coefficient (Wildman–Crippen LogP) is 11.7. The number of allylic oxidation sites excluding steroid dienone is 1. The van der Waals surface area contributed by atoms with E-state index in [4.69, 9.17) is 0 Å². The first-order chi connectivity index (χ1) is 14.8. The Kier molecular flexibility index (Phi) is 26.5. The molecule has 0 bridgehead atoms. The molecule has 0 aromatic rings. The lowest BCUT2D eigenvalue weighted by molar-refractivity contribution is 0.517. The molecule has 0 fully saturated rings. The van der Waals surface area contributed by atoms with Gasteiger partial charge in [0.05, 0.1) is 0 Å². The monoisotopic (exact) mass is 420 g/mol. The van der Waals surface area contributed by atoms with Gasteiger partial charge >= 0.3 is 0 Å². The molecule has 30 heavy (non-hydrogen) atoms. The average Bonchev–Trinajstić information content (AvgIpc) is 2.76. The molecule has 0 aromatic carbocycles. The minimum Gasteiger partial charge on any atom is -0.0999 e. The zero-order valence-electron chi connectivity index (χ0n) is 21.6. The molecule has 0 heteroatoms. The molecule has 0 N–H and O–H groups in total. The Morgan fingerprint density at radius 3 is 0.833 bits per heavy atom. The fourth-order valence-electron chi connectivity index (χ4n) is 4.51. The van der Waals surface area contributed by atoms with Crippen molar-refractivity contribution in [2.24, 2.45) is 0 Å². The van der Waals surface area contributed by atoms with Gasteiger partial charge in [-0.15, -0.1) is 0 Å². The zero-order valence-corrected chi connectivity index (χ0v) is 21.6. The van der Waals surface area contributed by atoms with Crippen molar-refractivity contribution >= 4 is 0 Å². The van der Waals surface area contributed by atoms with E-state index in [1.807, 2.05) is 0 Å². The molecule has 0 aromatic heterocycles. The normalized spacial score (nSPS) is 11.3. The van der Waals surface area contributed by atoms with Gasteiger partial charge in [0.2, 0.25) is 0 Å². The minimum atomic E-state index is 1.17. The van der Waals surface area contributed by atoms with Gasteiger partial charge in [0.15, 0.2) is 0 Å². The van der Waals surface area contributed by atoms with Crippen LogP contribution in [0.3, 0.4) is 0 Å². The molecule has 0 saturated carbocycles. The Balaban J connectivity index is 3.01. The van der Waals surface area contributed by atoms with E-state index in [0.29, 0.717) is 0 Å². The second kappa shape index (κ2) is 26.8. The number of hydrogen-bond acceptors (Lipinski definition) is 0. The molecular formula is C30H60. The second-order valence-electron chi connectivity index (χ2n) is 9.99. The lowest BCUT2D eigenvalue weighted by Crippen LogP contribution is -1.85. The summed E-state index contributed by atoms with van der Waals surface area (Å²) >= 11 is 0. The van der Waals surface area contributed by atoms with Crippen molar-refractivity contribution < 1.29 is 0 Å². The molecule has 0 aliphatic heterocycles. The summed E-state index contributed by atoms with van der Waals surface area (Å²) in [6, 6.07) is 0. The van der Waals surface area contributed by atoms with Crippen LogP contribution in [0.2, 0.25) is 0 Å². The standard InChI is InChI=1S/C30H60/c1-4-6-7-8-9-10-11-12-13-14-15-16-17-18-19-20-21-22-23-24-25-26-27-28-29-30(3)5-2/h3-29H2,1-2H3. The van der Waals surface area contributed by atoms with Crippen LogP contribution >= 0.6 is 0 Å². The lowest BCUT2D eigenvalue weighted by Gasteiger charge is -2.04. The molecular weight excluding hydrogens is 360 g/mol. The van der Waals surface area contributed by atoms with E-state index in [9.17, 15) is 0 Å². The van der Waals surface area contributed by atoms with Crippen molar-refractivity contribution in [2.75, 3.05) is 0 Å². The van der Waals surface area contributed by atoms with Crippen LogP contribution in [0, 0.1) is 0 Å². The molecule has 180 valence electrons. The van der Waals surface area contributed by atoms with Crippen molar-refractivity contribution in [3.8, 4) is 0 Å².